The maximum absolute atomic E-state index is 12.7. The van der Waals surface area contributed by atoms with Gasteiger partial charge in [0.15, 0.2) is 11.4 Å². The number of aromatic nitrogens is 1. The fourth-order valence-corrected chi connectivity index (χ4v) is 2.75. The van der Waals surface area contributed by atoms with Crippen LogP contribution >= 0.6 is 0 Å². The van der Waals surface area contributed by atoms with Gasteiger partial charge in [-0.1, -0.05) is 0 Å². The summed E-state index contributed by atoms with van der Waals surface area (Å²) < 4.78 is 5.71. The molecule has 1 aromatic rings. The maximum atomic E-state index is 12.7. The van der Waals surface area contributed by atoms with Gasteiger partial charge in [0.25, 0.3) is 5.91 Å². The molecule has 2 rings (SSSR count). The lowest BCUT2D eigenvalue weighted by Gasteiger charge is -2.32. The Hall–Kier alpha value is -1.62. The molecule has 0 aromatic carbocycles. The summed E-state index contributed by atoms with van der Waals surface area (Å²) in [6.45, 7) is 6.44. The van der Waals surface area contributed by atoms with Crippen LogP contribution in [0.3, 0.4) is 0 Å². The number of nitrogens with one attached hydrogen (secondary N) is 1. The van der Waals surface area contributed by atoms with E-state index >= 15 is 0 Å². The van der Waals surface area contributed by atoms with Gasteiger partial charge in [0, 0.05) is 19.3 Å². The predicted molar refractivity (Wildman–Crippen MR) is 82.6 cm³/mol. The molecular formula is C16H25N3O2. The van der Waals surface area contributed by atoms with E-state index in [-0.39, 0.29) is 12.0 Å². The summed E-state index contributed by atoms with van der Waals surface area (Å²) in [5, 5.41) is 3.20. The topological polar surface area (TPSA) is 54.5 Å². The molecule has 0 aliphatic carbocycles. The van der Waals surface area contributed by atoms with Crippen molar-refractivity contribution in [3.05, 3.63) is 24.0 Å². The normalized spacial score (nSPS) is 18.9. The Balaban J connectivity index is 2.12. The highest BCUT2D eigenvalue weighted by atomic mass is 16.5. The van der Waals surface area contributed by atoms with E-state index in [4.69, 9.17) is 4.74 Å². The molecule has 1 amide bonds. The molecule has 0 saturated carbocycles. The third-order valence-corrected chi connectivity index (χ3v) is 3.63. The van der Waals surface area contributed by atoms with Crippen molar-refractivity contribution >= 4 is 5.91 Å². The second-order valence-corrected chi connectivity index (χ2v) is 5.83. The molecule has 1 N–H and O–H groups in total. The van der Waals surface area contributed by atoms with Crippen molar-refractivity contribution in [2.45, 2.75) is 32.8 Å². The van der Waals surface area contributed by atoms with Crippen LogP contribution in [-0.4, -0.2) is 48.6 Å². The molecule has 0 bridgehead atoms. The number of amides is 1. The molecule has 2 heterocycles. The molecule has 0 radical (unpaired) electrons. The second-order valence-electron chi connectivity index (χ2n) is 5.83. The standard InChI is InChI=1S/C16H25N3O2/c1-12(2)21-14-7-4-8-18-15(14)16(20)19-9-5-6-13(11-19)10-17-3/h4,7-8,12-13,17H,5-6,9-11H2,1-3H3. The van der Waals surface area contributed by atoms with Gasteiger partial charge in [-0.25, -0.2) is 4.98 Å². The average molecular weight is 291 g/mol. The SMILES string of the molecule is CNCC1CCCN(C(=O)c2ncccc2OC(C)C)C1. The Bertz CT molecular complexity index is 474. The van der Waals surface area contributed by atoms with Gasteiger partial charge < -0.3 is 15.0 Å². The summed E-state index contributed by atoms with van der Waals surface area (Å²) in [7, 11) is 1.95. The van der Waals surface area contributed by atoms with E-state index in [0.29, 0.717) is 17.4 Å². The smallest absolute Gasteiger partial charge is 0.276 e. The first kappa shape index (κ1) is 15.8. The summed E-state index contributed by atoms with van der Waals surface area (Å²) >= 11 is 0. The van der Waals surface area contributed by atoms with Crippen molar-refractivity contribution in [1.82, 2.24) is 15.2 Å². The highest BCUT2D eigenvalue weighted by Gasteiger charge is 2.26. The fourth-order valence-electron chi connectivity index (χ4n) is 2.75. The number of hydrogen-bond acceptors (Lipinski definition) is 4. The van der Waals surface area contributed by atoms with Crippen LogP contribution in [0.15, 0.2) is 18.3 Å². The zero-order valence-electron chi connectivity index (χ0n) is 13.1. The lowest BCUT2D eigenvalue weighted by molar-refractivity contribution is 0.0661. The van der Waals surface area contributed by atoms with E-state index in [1.807, 2.05) is 31.9 Å². The van der Waals surface area contributed by atoms with Crippen molar-refractivity contribution in [3.63, 3.8) is 0 Å². The molecule has 1 atom stereocenters. The van der Waals surface area contributed by atoms with Crippen LogP contribution in [0.1, 0.15) is 37.2 Å². The maximum Gasteiger partial charge on any atom is 0.276 e. The fraction of sp³-hybridized carbons (Fsp3) is 0.625. The minimum atomic E-state index is -0.0212. The number of likely N-dealkylation sites (tertiary alicyclic amines) is 1. The molecule has 1 fully saturated rings. The van der Waals surface area contributed by atoms with E-state index in [9.17, 15) is 4.79 Å². The van der Waals surface area contributed by atoms with Gasteiger partial charge in [-0.05, 0) is 58.3 Å². The van der Waals surface area contributed by atoms with Crippen LogP contribution in [0.25, 0.3) is 0 Å². The number of rotatable bonds is 5. The first-order valence-electron chi connectivity index (χ1n) is 7.67. The van der Waals surface area contributed by atoms with Crippen LogP contribution in [0, 0.1) is 5.92 Å². The van der Waals surface area contributed by atoms with Gasteiger partial charge in [-0.15, -0.1) is 0 Å². The second kappa shape index (κ2) is 7.41. The Kier molecular flexibility index (Phi) is 5.56. The predicted octanol–water partition coefficient (Wildman–Crippen LogP) is 1.94. The van der Waals surface area contributed by atoms with Gasteiger partial charge in [0.1, 0.15) is 0 Å². The van der Waals surface area contributed by atoms with E-state index in [1.165, 1.54) is 6.42 Å². The molecule has 5 heteroatoms. The van der Waals surface area contributed by atoms with Gasteiger partial charge in [0.05, 0.1) is 6.10 Å². The molecule has 5 nitrogen and oxygen atoms in total. The number of piperidine rings is 1. The first-order valence-corrected chi connectivity index (χ1v) is 7.67. The molecule has 1 unspecified atom stereocenters. The Morgan fingerprint density at radius 2 is 2.38 bits per heavy atom. The molecule has 21 heavy (non-hydrogen) atoms. The summed E-state index contributed by atoms with van der Waals surface area (Å²) in [6.07, 6.45) is 3.89. The summed E-state index contributed by atoms with van der Waals surface area (Å²) in [6, 6.07) is 3.61. The van der Waals surface area contributed by atoms with Crippen molar-refractivity contribution in [2.75, 3.05) is 26.7 Å². The summed E-state index contributed by atoms with van der Waals surface area (Å²) in [4.78, 5) is 18.9. The molecular weight excluding hydrogens is 266 g/mol. The van der Waals surface area contributed by atoms with Crippen LogP contribution < -0.4 is 10.1 Å². The minimum Gasteiger partial charge on any atom is -0.489 e. The van der Waals surface area contributed by atoms with Gasteiger partial charge in [-0.2, -0.15) is 0 Å². The zero-order valence-corrected chi connectivity index (χ0v) is 13.1. The monoisotopic (exact) mass is 291 g/mol. The lowest BCUT2D eigenvalue weighted by Crippen LogP contribution is -2.42. The van der Waals surface area contributed by atoms with Crippen molar-refractivity contribution in [3.8, 4) is 5.75 Å². The largest absolute Gasteiger partial charge is 0.489 e. The van der Waals surface area contributed by atoms with Gasteiger partial charge >= 0.3 is 0 Å². The van der Waals surface area contributed by atoms with E-state index < -0.39 is 0 Å². The van der Waals surface area contributed by atoms with E-state index in [0.717, 1.165) is 26.1 Å². The summed E-state index contributed by atoms with van der Waals surface area (Å²) in [5.74, 6) is 1.08. The zero-order chi connectivity index (χ0) is 15.2. The van der Waals surface area contributed by atoms with Crippen molar-refractivity contribution in [1.29, 1.82) is 0 Å². The van der Waals surface area contributed by atoms with Crippen LogP contribution in [-0.2, 0) is 0 Å². The molecule has 1 saturated heterocycles. The third kappa shape index (κ3) is 4.17. The van der Waals surface area contributed by atoms with Gasteiger partial charge in [-0.3, -0.25) is 4.79 Å². The lowest BCUT2D eigenvalue weighted by atomic mass is 9.97. The van der Waals surface area contributed by atoms with E-state index in [1.54, 1.807) is 12.3 Å². The van der Waals surface area contributed by atoms with Gasteiger partial charge in [0.2, 0.25) is 0 Å². The molecule has 1 aliphatic heterocycles. The Labute approximate surface area is 126 Å². The highest BCUT2D eigenvalue weighted by molar-refractivity contribution is 5.95. The number of pyridine rings is 1. The third-order valence-electron chi connectivity index (χ3n) is 3.63. The molecule has 0 spiro atoms. The highest BCUT2D eigenvalue weighted by Crippen LogP contribution is 2.22. The number of ether oxygens (including phenoxy) is 1. The molecule has 1 aliphatic rings. The van der Waals surface area contributed by atoms with Crippen LogP contribution in [0.2, 0.25) is 0 Å². The number of carbonyl (C=O) groups excluding carboxylic acids is 1. The first-order chi connectivity index (χ1) is 10.1. The van der Waals surface area contributed by atoms with Crippen LogP contribution in [0.4, 0.5) is 0 Å². The quantitative estimate of drug-likeness (QED) is 0.901. The minimum absolute atomic E-state index is 0.0212. The Morgan fingerprint density at radius 3 is 3.10 bits per heavy atom. The number of carbonyl (C=O) groups is 1. The number of nitrogens with zero attached hydrogens (tertiary/aromatic N) is 2. The number of hydrogen-bond donors (Lipinski definition) is 1. The van der Waals surface area contributed by atoms with Crippen molar-refractivity contribution in [2.24, 2.45) is 5.92 Å². The summed E-state index contributed by atoms with van der Waals surface area (Å²) in [5.41, 5.74) is 0.427. The van der Waals surface area contributed by atoms with E-state index in [2.05, 4.69) is 10.3 Å². The molecule has 1 aromatic heterocycles. The van der Waals surface area contributed by atoms with Crippen molar-refractivity contribution < 1.29 is 9.53 Å². The average Bonchev–Trinajstić information content (AvgIpc) is 2.47. The Morgan fingerprint density at radius 1 is 1.57 bits per heavy atom. The molecule has 116 valence electrons. The van der Waals surface area contributed by atoms with Crippen LogP contribution in [0.5, 0.6) is 5.75 Å².